The molecular formula is C22H30N4O4. The van der Waals surface area contributed by atoms with Crippen molar-refractivity contribution in [3.63, 3.8) is 0 Å². The predicted octanol–water partition coefficient (Wildman–Crippen LogP) is 3.66. The summed E-state index contributed by atoms with van der Waals surface area (Å²) in [6.45, 7) is 8.52. The summed E-state index contributed by atoms with van der Waals surface area (Å²) < 4.78 is 12.0. The summed E-state index contributed by atoms with van der Waals surface area (Å²) in [6, 6.07) is 7.71. The monoisotopic (exact) mass is 414 g/mol. The minimum Gasteiger partial charge on any atom is -0.464 e. The Labute approximate surface area is 176 Å². The summed E-state index contributed by atoms with van der Waals surface area (Å²) in [4.78, 5) is 26.7. The molecular weight excluding hydrogens is 384 g/mol. The van der Waals surface area contributed by atoms with E-state index in [9.17, 15) is 9.59 Å². The number of likely N-dealkylation sites (tertiary alicyclic amines) is 1. The maximum Gasteiger partial charge on any atom is 0.410 e. The third-order valence-electron chi connectivity index (χ3n) is 5.10. The molecule has 8 nitrogen and oxygen atoms in total. The third kappa shape index (κ3) is 4.58. The average molecular weight is 415 g/mol. The van der Waals surface area contributed by atoms with E-state index in [0.29, 0.717) is 24.5 Å². The number of aromatic nitrogens is 2. The van der Waals surface area contributed by atoms with Crippen LogP contribution in [0.15, 0.2) is 24.3 Å². The van der Waals surface area contributed by atoms with Gasteiger partial charge in [-0.05, 0) is 52.7 Å². The van der Waals surface area contributed by atoms with E-state index in [1.807, 2.05) is 52.0 Å². The smallest absolute Gasteiger partial charge is 0.410 e. The van der Waals surface area contributed by atoms with Crippen molar-refractivity contribution in [3.8, 4) is 5.69 Å². The van der Waals surface area contributed by atoms with Crippen LogP contribution in [0, 0.1) is 6.92 Å². The molecule has 1 aliphatic rings. The predicted molar refractivity (Wildman–Crippen MR) is 114 cm³/mol. The summed E-state index contributed by atoms with van der Waals surface area (Å²) in [6.07, 6.45) is 1.20. The van der Waals surface area contributed by atoms with Crippen LogP contribution in [0.1, 0.15) is 61.1 Å². The number of esters is 1. The Balaban J connectivity index is 1.96. The van der Waals surface area contributed by atoms with Crippen LogP contribution in [0.25, 0.3) is 5.69 Å². The van der Waals surface area contributed by atoms with Crippen LogP contribution in [-0.4, -0.2) is 52.5 Å². The van der Waals surface area contributed by atoms with Crippen molar-refractivity contribution in [2.45, 2.75) is 52.1 Å². The molecule has 3 rings (SSSR count). The van der Waals surface area contributed by atoms with Gasteiger partial charge in [0.2, 0.25) is 0 Å². The highest BCUT2D eigenvalue weighted by molar-refractivity contribution is 5.91. The highest BCUT2D eigenvalue weighted by atomic mass is 16.6. The number of nitrogen functional groups attached to an aromatic ring is 1. The fourth-order valence-electron chi connectivity index (χ4n) is 3.68. The molecule has 1 unspecified atom stereocenters. The Kier molecular flexibility index (Phi) is 6.05. The lowest BCUT2D eigenvalue weighted by Crippen LogP contribution is -2.42. The molecule has 0 saturated carbocycles. The molecule has 1 aromatic carbocycles. The summed E-state index contributed by atoms with van der Waals surface area (Å²) in [5.41, 5.74) is 8.58. The van der Waals surface area contributed by atoms with E-state index in [1.54, 1.807) is 9.58 Å². The molecule has 8 heteroatoms. The molecule has 0 spiro atoms. The van der Waals surface area contributed by atoms with Crippen LogP contribution in [0.2, 0.25) is 0 Å². The second-order valence-electron chi connectivity index (χ2n) is 8.65. The van der Waals surface area contributed by atoms with Crippen LogP contribution < -0.4 is 5.73 Å². The van der Waals surface area contributed by atoms with Crippen molar-refractivity contribution in [1.29, 1.82) is 0 Å². The number of rotatable bonds is 3. The van der Waals surface area contributed by atoms with Gasteiger partial charge in [-0.15, -0.1) is 0 Å². The van der Waals surface area contributed by atoms with Crippen LogP contribution in [0.5, 0.6) is 0 Å². The number of piperidine rings is 1. The lowest BCUT2D eigenvalue weighted by molar-refractivity contribution is 0.0198. The number of benzene rings is 1. The van der Waals surface area contributed by atoms with E-state index >= 15 is 0 Å². The molecule has 1 atom stereocenters. The molecule has 1 amide bonds. The van der Waals surface area contributed by atoms with Crippen LogP contribution in [0.3, 0.4) is 0 Å². The van der Waals surface area contributed by atoms with Gasteiger partial charge in [-0.2, -0.15) is 5.10 Å². The van der Waals surface area contributed by atoms with Crippen molar-refractivity contribution in [1.82, 2.24) is 14.7 Å². The van der Waals surface area contributed by atoms with Gasteiger partial charge in [-0.3, -0.25) is 0 Å². The molecule has 0 radical (unpaired) electrons. The van der Waals surface area contributed by atoms with Crippen molar-refractivity contribution in [2.24, 2.45) is 0 Å². The topological polar surface area (TPSA) is 99.7 Å². The number of nitrogens with two attached hydrogens (primary N) is 1. The Hall–Kier alpha value is -3.03. The van der Waals surface area contributed by atoms with Crippen LogP contribution in [0.4, 0.5) is 10.6 Å². The molecule has 2 N–H and O–H groups in total. The van der Waals surface area contributed by atoms with Crippen molar-refractivity contribution in [3.05, 3.63) is 41.1 Å². The number of amides is 1. The zero-order valence-electron chi connectivity index (χ0n) is 18.3. The number of hydrogen-bond donors (Lipinski definition) is 1. The molecule has 2 heterocycles. The molecule has 162 valence electrons. The normalized spacial score (nSPS) is 17.0. The SMILES string of the molecule is COC(=O)c1nn(-c2ccc(C)cc2)c(N)c1C1CCCN(C(=O)OC(C)(C)C)C1. The first-order valence-corrected chi connectivity index (χ1v) is 10.1. The third-order valence-corrected chi connectivity index (χ3v) is 5.10. The van der Waals surface area contributed by atoms with Gasteiger partial charge < -0.3 is 20.1 Å². The number of hydrogen-bond acceptors (Lipinski definition) is 6. The molecule has 1 fully saturated rings. The quantitative estimate of drug-likeness (QED) is 0.770. The van der Waals surface area contributed by atoms with Gasteiger partial charge in [0.25, 0.3) is 0 Å². The van der Waals surface area contributed by atoms with E-state index < -0.39 is 11.6 Å². The fraction of sp³-hybridized carbons (Fsp3) is 0.500. The number of ether oxygens (including phenoxy) is 2. The zero-order valence-corrected chi connectivity index (χ0v) is 18.3. The van der Waals surface area contributed by atoms with E-state index in [-0.39, 0.29) is 17.7 Å². The van der Waals surface area contributed by atoms with Crippen molar-refractivity contribution >= 4 is 17.9 Å². The number of nitrogens with zero attached hydrogens (tertiary/aromatic N) is 3. The van der Waals surface area contributed by atoms with Crippen molar-refractivity contribution < 1.29 is 19.1 Å². The second kappa shape index (κ2) is 8.38. The van der Waals surface area contributed by atoms with Gasteiger partial charge in [0.05, 0.1) is 12.8 Å². The van der Waals surface area contributed by atoms with Gasteiger partial charge in [0, 0.05) is 24.6 Å². The first kappa shape index (κ1) is 21.7. The molecule has 2 aromatic rings. The summed E-state index contributed by atoms with van der Waals surface area (Å²) in [5, 5.41) is 4.47. The Morgan fingerprint density at radius 1 is 1.20 bits per heavy atom. The van der Waals surface area contributed by atoms with E-state index in [2.05, 4.69) is 5.10 Å². The van der Waals surface area contributed by atoms with Gasteiger partial charge in [0.15, 0.2) is 5.69 Å². The Bertz CT molecular complexity index is 928. The molecule has 30 heavy (non-hydrogen) atoms. The number of methoxy groups -OCH3 is 1. The minimum absolute atomic E-state index is 0.139. The lowest BCUT2D eigenvalue weighted by Gasteiger charge is -2.34. The van der Waals surface area contributed by atoms with Gasteiger partial charge in [-0.1, -0.05) is 17.7 Å². The Morgan fingerprint density at radius 2 is 1.87 bits per heavy atom. The maximum absolute atomic E-state index is 12.6. The highest BCUT2D eigenvalue weighted by Crippen LogP contribution is 2.35. The average Bonchev–Trinajstić information content (AvgIpc) is 3.04. The standard InChI is InChI=1S/C22H30N4O4/c1-14-8-10-16(11-9-14)26-19(23)17(18(24-26)20(27)29-5)15-7-6-12-25(13-15)21(28)30-22(2,3)4/h8-11,15H,6-7,12-13,23H2,1-5H3. The molecule has 1 aliphatic heterocycles. The fourth-order valence-corrected chi connectivity index (χ4v) is 3.68. The summed E-state index contributed by atoms with van der Waals surface area (Å²) in [7, 11) is 1.32. The lowest BCUT2D eigenvalue weighted by atomic mass is 9.90. The molecule has 0 bridgehead atoms. The number of aryl methyl sites for hydroxylation is 1. The minimum atomic E-state index is -0.573. The second-order valence-corrected chi connectivity index (χ2v) is 8.65. The largest absolute Gasteiger partial charge is 0.464 e. The Morgan fingerprint density at radius 3 is 2.47 bits per heavy atom. The van der Waals surface area contributed by atoms with E-state index in [0.717, 1.165) is 24.1 Å². The van der Waals surface area contributed by atoms with Crippen LogP contribution in [-0.2, 0) is 9.47 Å². The molecule has 1 aromatic heterocycles. The molecule has 0 aliphatic carbocycles. The van der Waals surface area contributed by atoms with Gasteiger partial charge in [0.1, 0.15) is 11.4 Å². The molecule has 1 saturated heterocycles. The first-order valence-electron chi connectivity index (χ1n) is 10.1. The van der Waals surface area contributed by atoms with Gasteiger partial charge >= 0.3 is 12.1 Å². The highest BCUT2D eigenvalue weighted by Gasteiger charge is 2.34. The maximum atomic E-state index is 12.6. The van der Waals surface area contributed by atoms with Crippen LogP contribution >= 0.6 is 0 Å². The van der Waals surface area contributed by atoms with E-state index in [1.165, 1.54) is 7.11 Å². The van der Waals surface area contributed by atoms with Gasteiger partial charge in [-0.25, -0.2) is 14.3 Å². The zero-order chi connectivity index (χ0) is 22.1. The summed E-state index contributed by atoms with van der Waals surface area (Å²) in [5.74, 6) is -0.299. The van der Waals surface area contributed by atoms with E-state index in [4.69, 9.17) is 15.2 Å². The van der Waals surface area contributed by atoms with Crippen molar-refractivity contribution in [2.75, 3.05) is 25.9 Å². The summed E-state index contributed by atoms with van der Waals surface area (Å²) >= 11 is 0. The number of carbonyl (C=O) groups excluding carboxylic acids is 2. The number of anilines is 1. The first-order chi connectivity index (χ1) is 14.1. The number of carbonyl (C=O) groups is 2.